The summed E-state index contributed by atoms with van der Waals surface area (Å²) in [4.78, 5) is 19.1. The van der Waals surface area contributed by atoms with Crippen LogP contribution in [0.5, 0.6) is 0 Å². The van der Waals surface area contributed by atoms with E-state index in [1.165, 1.54) is 0 Å². The summed E-state index contributed by atoms with van der Waals surface area (Å²) in [5, 5.41) is 0. The van der Waals surface area contributed by atoms with Crippen molar-refractivity contribution in [3.8, 4) is 0 Å². The summed E-state index contributed by atoms with van der Waals surface area (Å²) < 4.78 is 11.9. The van der Waals surface area contributed by atoms with E-state index < -0.39 is 13.7 Å². The summed E-state index contributed by atoms with van der Waals surface area (Å²) in [6.07, 6.45) is 0. The van der Waals surface area contributed by atoms with Gasteiger partial charge in [0.05, 0.1) is 7.75 Å². The molecule has 48 valence electrons. The van der Waals surface area contributed by atoms with Gasteiger partial charge in [-0.25, -0.2) is 4.76 Å². The Bertz CT molecular complexity index is 143. The summed E-state index contributed by atoms with van der Waals surface area (Å²) in [7, 11) is -4.88. The summed E-state index contributed by atoms with van der Waals surface area (Å²) >= 11 is 0. The third-order valence-corrected chi connectivity index (χ3v) is 0.714. The first-order valence-electron chi connectivity index (χ1n) is 1.55. The lowest BCUT2D eigenvalue weighted by molar-refractivity contribution is -0.313. The Balaban J connectivity index is 4.11. The minimum absolute atomic E-state index is 0.738. The number of nitrogens with zero attached hydrogens (tertiary/aromatic N) is 1. The van der Waals surface area contributed by atoms with E-state index in [1.807, 2.05) is 0 Å². The van der Waals surface area contributed by atoms with Gasteiger partial charge < -0.3 is 25.8 Å². The maximum absolute atomic E-state index is 9.57. The van der Waals surface area contributed by atoms with Gasteiger partial charge in [-0.1, -0.05) is 0 Å². The average molecular weight is 137 g/mol. The lowest BCUT2D eigenvalue weighted by Crippen LogP contribution is -2.25. The number of hydrogen-bond acceptors (Lipinski definition) is 3. The van der Waals surface area contributed by atoms with Crippen molar-refractivity contribution in [2.24, 2.45) is 16.2 Å². The fraction of sp³-hybridized carbons (Fsp3) is 0. The van der Waals surface area contributed by atoms with Crippen LogP contribution in [0.2, 0.25) is 0 Å². The molecule has 0 aliphatic carbocycles. The number of guanidine groups is 1. The molecule has 7 heteroatoms. The molecule has 0 heterocycles. The molecule has 0 aliphatic heterocycles. The third-order valence-electron chi connectivity index (χ3n) is 0.238. The molecule has 0 atom stereocenters. The Morgan fingerprint density at radius 1 is 1.50 bits per heavy atom. The van der Waals surface area contributed by atoms with E-state index in [0.717, 1.165) is 0 Å². The second kappa shape index (κ2) is 2.13. The number of nitrogens with two attached hydrogens (primary N) is 2. The first-order valence-corrected chi connectivity index (χ1v) is 3.04. The predicted octanol–water partition coefficient (Wildman–Crippen LogP) is -2.91. The van der Waals surface area contributed by atoms with Crippen LogP contribution in [0.15, 0.2) is 4.76 Å². The van der Waals surface area contributed by atoms with Crippen LogP contribution >= 0.6 is 7.75 Å². The summed E-state index contributed by atoms with van der Waals surface area (Å²) in [6, 6.07) is 0. The predicted molar refractivity (Wildman–Crippen MR) is 23.4 cm³/mol. The SMILES string of the molecule is NC(N)=NP(=O)([O-])[O-]. The number of hydrogen-bond donors (Lipinski definition) is 2. The third kappa shape index (κ3) is 5.42. The van der Waals surface area contributed by atoms with E-state index in [1.54, 1.807) is 0 Å². The first-order chi connectivity index (χ1) is 3.42. The van der Waals surface area contributed by atoms with Crippen molar-refractivity contribution in [2.75, 3.05) is 0 Å². The molecule has 0 saturated carbocycles. The van der Waals surface area contributed by atoms with Gasteiger partial charge in [0.1, 0.15) is 0 Å². The Morgan fingerprint density at radius 3 is 1.88 bits per heavy atom. The molecule has 0 fully saturated rings. The van der Waals surface area contributed by atoms with E-state index in [4.69, 9.17) is 0 Å². The zero-order valence-corrected chi connectivity index (χ0v) is 4.67. The van der Waals surface area contributed by atoms with E-state index in [2.05, 4.69) is 16.2 Å². The highest BCUT2D eigenvalue weighted by atomic mass is 31.2. The Morgan fingerprint density at radius 2 is 1.88 bits per heavy atom. The number of rotatable bonds is 1. The van der Waals surface area contributed by atoms with Crippen LogP contribution in [-0.2, 0) is 4.57 Å². The largest absolute Gasteiger partial charge is 0.793 e. The second-order valence-electron chi connectivity index (χ2n) is 0.993. The average Bonchev–Trinajstić information content (AvgIpc) is 1.21. The molecule has 0 aliphatic rings. The van der Waals surface area contributed by atoms with Crippen molar-refractivity contribution in [3.05, 3.63) is 0 Å². The maximum Gasteiger partial charge on any atom is 0.190 e. The van der Waals surface area contributed by atoms with Gasteiger partial charge in [-0.2, -0.15) is 0 Å². The summed E-state index contributed by atoms with van der Waals surface area (Å²) in [5.41, 5.74) is 9.07. The molecule has 0 rings (SSSR count). The molecule has 0 radical (unpaired) electrons. The molecular weight excluding hydrogens is 133 g/mol. The van der Waals surface area contributed by atoms with Crippen LogP contribution in [0.1, 0.15) is 0 Å². The van der Waals surface area contributed by atoms with Crippen LogP contribution in [0.25, 0.3) is 0 Å². The van der Waals surface area contributed by atoms with Gasteiger partial charge in [0, 0.05) is 0 Å². The molecule has 4 N–H and O–H groups in total. The minimum Gasteiger partial charge on any atom is -0.793 e. The fourth-order valence-corrected chi connectivity index (χ4v) is 0.424. The van der Waals surface area contributed by atoms with Crippen molar-refractivity contribution in [2.45, 2.75) is 0 Å². The van der Waals surface area contributed by atoms with Crippen LogP contribution in [0, 0.1) is 0 Å². The molecule has 0 bridgehead atoms. The molecule has 0 aromatic heterocycles. The van der Waals surface area contributed by atoms with Crippen LogP contribution < -0.4 is 21.3 Å². The van der Waals surface area contributed by atoms with Gasteiger partial charge >= 0.3 is 0 Å². The van der Waals surface area contributed by atoms with Crippen LogP contribution in [0.3, 0.4) is 0 Å². The van der Waals surface area contributed by atoms with Crippen molar-refractivity contribution < 1.29 is 14.4 Å². The van der Waals surface area contributed by atoms with Crippen molar-refractivity contribution in [1.82, 2.24) is 0 Å². The Hall–Kier alpha value is -0.580. The molecular formula is CH4N3O3P-2. The zero-order valence-electron chi connectivity index (χ0n) is 3.77. The monoisotopic (exact) mass is 137 g/mol. The standard InChI is InChI=1S/CH6N3O3P/c2-1(3)4-8(5,6)7/h(H6,2,3,4,5,6,7)/p-2. The van der Waals surface area contributed by atoms with Crippen molar-refractivity contribution in [1.29, 1.82) is 0 Å². The van der Waals surface area contributed by atoms with Gasteiger partial charge in [0.15, 0.2) is 5.96 Å². The molecule has 6 nitrogen and oxygen atoms in total. The van der Waals surface area contributed by atoms with Gasteiger partial charge in [-0.15, -0.1) is 0 Å². The van der Waals surface area contributed by atoms with Gasteiger partial charge in [-0.05, 0) is 0 Å². The lowest BCUT2D eigenvalue weighted by Gasteiger charge is -2.22. The van der Waals surface area contributed by atoms with Crippen molar-refractivity contribution in [3.63, 3.8) is 0 Å². The fourth-order valence-electron chi connectivity index (χ4n) is 0.141. The molecule has 0 spiro atoms. The van der Waals surface area contributed by atoms with Gasteiger partial charge in [0.2, 0.25) is 0 Å². The normalized spacial score (nSPS) is 10.8. The lowest BCUT2D eigenvalue weighted by atomic mass is 11.1. The molecule has 0 saturated heterocycles. The molecule has 0 unspecified atom stereocenters. The zero-order chi connectivity index (χ0) is 6.78. The molecule has 0 aromatic rings. The summed E-state index contributed by atoms with van der Waals surface area (Å²) in [6.45, 7) is 0. The molecule has 0 amide bonds. The highest BCUT2D eigenvalue weighted by Gasteiger charge is 1.81. The van der Waals surface area contributed by atoms with Crippen LogP contribution in [0.4, 0.5) is 0 Å². The summed E-state index contributed by atoms with van der Waals surface area (Å²) in [5.74, 6) is -0.738. The Labute approximate surface area is 45.4 Å². The van der Waals surface area contributed by atoms with Gasteiger partial charge in [-0.3, -0.25) is 0 Å². The highest BCUT2D eigenvalue weighted by molar-refractivity contribution is 7.47. The van der Waals surface area contributed by atoms with E-state index in [0.29, 0.717) is 0 Å². The smallest absolute Gasteiger partial charge is 0.190 e. The molecule has 8 heavy (non-hydrogen) atoms. The quantitative estimate of drug-likeness (QED) is 0.227. The second-order valence-corrected chi connectivity index (χ2v) is 2.13. The topological polar surface area (TPSA) is 128 Å². The van der Waals surface area contributed by atoms with Crippen LogP contribution in [-0.4, -0.2) is 5.96 Å². The molecule has 0 aromatic carbocycles. The minimum atomic E-state index is -4.88. The Kier molecular flexibility index (Phi) is 1.97. The van der Waals surface area contributed by atoms with Crippen molar-refractivity contribution >= 4 is 13.7 Å². The van der Waals surface area contributed by atoms with E-state index in [-0.39, 0.29) is 0 Å². The maximum atomic E-state index is 9.57. The van der Waals surface area contributed by atoms with E-state index in [9.17, 15) is 14.4 Å². The van der Waals surface area contributed by atoms with E-state index >= 15 is 0 Å². The van der Waals surface area contributed by atoms with Gasteiger partial charge in [0.25, 0.3) is 0 Å². The highest BCUT2D eigenvalue weighted by Crippen LogP contribution is 2.23. The first kappa shape index (κ1) is 7.42.